The van der Waals surface area contributed by atoms with Gasteiger partial charge in [-0.1, -0.05) is 23.7 Å². The van der Waals surface area contributed by atoms with Crippen molar-refractivity contribution in [1.82, 2.24) is 0 Å². The van der Waals surface area contributed by atoms with Crippen molar-refractivity contribution in [3.63, 3.8) is 0 Å². The van der Waals surface area contributed by atoms with Crippen molar-refractivity contribution in [2.24, 2.45) is 4.99 Å². The third kappa shape index (κ3) is 4.44. The van der Waals surface area contributed by atoms with E-state index in [-0.39, 0.29) is 11.1 Å². The van der Waals surface area contributed by atoms with Crippen LogP contribution < -0.4 is 10.9 Å². The summed E-state index contributed by atoms with van der Waals surface area (Å²) >= 11 is 6.09. The molecule has 0 radical (unpaired) electrons. The average Bonchev–Trinajstić information content (AvgIpc) is 3.05. The minimum absolute atomic E-state index is 0.0942. The van der Waals surface area contributed by atoms with Gasteiger partial charge in [-0.3, -0.25) is 9.59 Å². The zero-order valence-corrected chi connectivity index (χ0v) is 17.9. The Balaban J connectivity index is 1.84. The molecule has 0 bridgehead atoms. The monoisotopic (exact) mass is 434 g/mol. The van der Waals surface area contributed by atoms with Crippen LogP contribution in [0.3, 0.4) is 0 Å². The Morgan fingerprint density at radius 3 is 2.45 bits per heavy atom. The van der Waals surface area contributed by atoms with E-state index in [0.29, 0.717) is 38.8 Å². The fourth-order valence-corrected chi connectivity index (χ4v) is 3.44. The number of benzene rings is 2. The number of rotatable bonds is 3. The summed E-state index contributed by atoms with van der Waals surface area (Å²) in [5.74, 6) is 0.0297. The van der Waals surface area contributed by atoms with Gasteiger partial charge in [-0.25, -0.2) is 0 Å². The summed E-state index contributed by atoms with van der Waals surface area (Å²) in [4.78, 5) is 29.9. The maximum absolute atomic E-state index is 13.1. The van der Waals surface area contributed by atoms with Crippen molar-refractivity contribution in [2.45, 2.75) is 20.8 Å². The van der Waals surface area contributed by atoms with Crippen LogP contribution in [0.1, 0.15) is 37.8 Å². The first kappa shape index (κ1) is 20.6. The highest BCUT2D eigenvalue weighted by Crippen LogP contribution is 2.20. The quantitative estimate of drug-likeness (QED) is 0.455. The number of nitrogens with one attached hydrogen (secondary N) is 1. The van der Waals surface area contributed by atoms with Gasteiger partial charge in [0.1, 0.15) is 22.7 Å². The number of hydrogen-bond acceptors (Lipinski definition) is 4. The molecule has 156 valence electrons. The molecule has 0 spiro atoms. The molecular formula is C24H19ClN2O4. The fourth-order valence-electron chi connectivity index (χ4n) is 3.26. The van der Waals surface area contributed by atoms with Crippen LogP contribution in [0.15, 0.2) is 68.4 Å². The third-order valence-electron chi connectivity index (χ3n) is 4.70. The Bertz CT molecular complexity index is 1400. The Kier molecular flexibility index (Phi) is 5.48. The van der Waals surface area contributed by atoms with Crippen molar-refractivity contribution >= 4 is 40.1 Å². The zero-order valence-electron chi connectivity index (χ0n) is 17.2. The minimum Gasteiger partial charge on any atom is -0.466 e. The minimum atomic E-state index is -0.559. The van der Waals surface area contributed by atoms with E-state index in [9.17, 15) is 9.59 Å². The normalized spacial score (nSPS) is 11.7. The molecule has 0 aliphatic rings. The predicted octanol–water partition coefficient (Wildman–Crippen LogP) is 5.60. The molecule has 0 atom stereocenters. The molecule has 2 aromatic carbocycles. The van der Waals surface area contributed by atoms with Crippen LogP contribution in [0.4, 0.5) is 5.69 Å². The molecule has 4 aromatic rings. The Hall–Kier alpha value is -3.64. The van der Waals surface area contributed by atoms with Crippen molar-refractivity contribution in [2.75, 3.05) is 5.32 Å². The van der Waals surface area contributed by atoms with E-state index in [1.54, 1.807) is 50.2 Å². The lowest BCUT2D eigenvalue weighted by molar-refractivity contribution is 0.0993. The van der Waals surface area contributed by atoms with E-state index in [2.05, 4.69) is 10.3 Å². The van der Waals surface area contributed by atoms with Gasteiger partial charge in [-0.2, -0.15) is 4.99 Å². The van der Waals surface area contributed by atoms with Crippen LogP contribution in [-0.4, -0.2) is 11.8 Å². The lowest BCUT2D eigenvalue weighted by Gasteiger charge is -2.07. The molecule has 31 heavy (non-hydrogen) atoms. The second-order valence-electron chi connectivity index (χ2n) is 7.21. The summed E-state index contributed by atoms with van der Waals surface area (Å²) in [6.07, 6.45) is 0. The molecule has 6 nitrogen and oxygen atoms in total. The molecule has 1 N–H and O–H groups in total. The van der Waals surface area contributed by atoms with Crippen molar-refractivity contribution in [3.8, 4) is 0 Å². The van der Waals surface area contributed by atoms with Crippen molar-refractivity contribution in [3.05, 3.63) is 93.4 Å². The summed E-state index contributed by atoms with van der Waals surface area (Å²) in [5, 5.41) is 3.94. The van der Waals surface area contributed by atoms with Gasteiger partial charge in [-0.15, -0.1) is 0 Å². The standard InChI is InChI=1S/C24H19ClN2O4/c1-13-5-4-6-18(9-13)26-23(29)20-12-16-11-17(25)7-8-21(16)31-24(20)27-22(28)19-10-14(2)30-15(19)3/h4-12H,1-3H3,(H,26,29). The highest BCUT2D eigenvalue weighted by Gasteiger charge is 2.17. The fraction of sp³-hybridized carbons (Fsp3) is 0.125. The molecule has 0 saturated carbocycles. The lowest BCUT2D eigenvalue weighted by Crippen LogP contribution is -2.23. The van der Waals surface area contributed by atoms with E-state index in [1.165, 1.54) is 0 Å². The van der Waals surface area contributed by atoms with Gasteiger partial charge < -0.3 is 14.2 Å². The van der Waals surface area contributed by atoms with Crippen LogP contribution in [0.2, 0.25) is 5.02 Å². The maximum atomic E-state index is 13.1. The molecule has 0 aliphatic carbocycles. The van der Waals surface area contributed by atoms with Gasteiger partial charge in [0, 0.05) is 16.1 Å². The summed E-state index contributed by atoms with van der Waals surface area (Å²) in [6.45, 7) is 5.35. The number of anilines is 1. The number of hydrogen-bond donors (Lipinski definition) is 1. The number of furan rings is 1. The molecule has 0 aliphatic heterocycles. The van der Waals surface area contributed by atoms with Gasteiger partial charge in [0.2, 0.25) is 5.55 Å². The van der Waals surface area contributed by atoms with Crippen LogP contribution in [0.25, 0.3) is 11.0 Å². The second kappa shape index (κ2) is 8.24. The number of nitrogens with zero attached hydrogens (tertiary/aromatic N) is 1. The Morgan fingerprint density at radius 1 is 0.935 bits per heavy atom. The van der Waals surface area contributed by atoms with E-state index >= 15 is 0 Å². The van der Waals surface area contributed by atoms with Crippen molar-refractivity contribution in [1.29, 1.82) is 0 Å². The predicted molar refractivity (Wildman–Crippen MR) is 118 cm³/mol. The summed E-state index contributed by atoms with van der Waals surface area (Å²) in [7, 11) is 0. The number of carbonyl (C=O) groups is 2. The molecule has 0 unspecified atom stereocenters. The van der Waals surface area contributed by atoms with Gasteiger partial charge in [0.05, 0.1) is 5.56 Å². The smallest absolute Gasteiger partial charge is 0.283 e. The van der Waals surface area contributed by atoms with E-state index in [1.807, 2.05) is 25.1 Å². The molecular weight excluding hydrogens is 416 g/mol. The number of amides is 2. The average molecular weight is 435 g/mol. The highest BCUT2D eigenvalue weighted by atomic mass is 35.5. The first-order valence-corrected chi connectivity index (χ1v) is 9.95. The number of aryl methyl sites for hydroxylation is 3. The SMILES string of the molecule is Cc1cccc(NC(=O)c2cc3cc(Cl)ccc3oc2=NC(=O)c2cc(C)oc2C)c1. The molecule has 2 aromatic heterocycles. The van der Waals surface area contributed by atoms with Crippen LogP contribution >= 0.6 is 11.6 Å². The van der Waals surface area contributed by atoms with E-state index < -0.39 is 11.8 Å². The van der Waals surface area contributed by atoms with Crippen LogP contribution in [0.5, 0.6) is 0 Å². The molecule has 2 heterocycles. The van der Waals surface area contributed by atoms with Crippen molar-refractivity contribution < 1.29 is 18.4 Å². The summed E-state index contributed by atoms with van der Waals surface area (Å²) in [5.41, 5.74) is 2.40. The third-order valence-corrected chi connectivity index (χ3v) is 4.94. The second-order valence-corrected chi connectivity index (χ2v) is 7.65. The number of fused-ring (bicyclic) bond motifs is 1. The maximum Gasteiger partial charge on any atom is 0.283 e. The van der Waals surface area contributed by atoms with Gasteiger partial charge >= 0.3 is 0 Å². The topological polar surface area (TPSA) is 84.8 Å². The molecule has 0 fully saturated rings. The molecule has 0 saturated heterocycles. The summed E-state index contributed by atoms with van der Waals surface area (Å²) < 4.78 is 11.3. The van der Waals surface area contributed by atoms with Gasteiger partial charge in [0.15, 0.2) is 0 Å². The number of carbonyl (C=O) groups excluding carboxylic acids is 2. The molecule has 2 amide bonds. The molecule has 7 heteroatoms. The Labute approximate surface area is 183 Å². The molecule has 4 rings (SSSR count). The van der Waals surface area contributed by atoms with E-state index in [4.69, 9.17) is 20.4 Å². The van der Waals surface area contributed by atoms with Crippen LogP contribution in [-0.2, 0) is 0 Å². The first-order chi connectivity index (χ1) is 14.8. The van der Waals surface area contributed by atoms with E-state index in [0.717, 1.165) is 5.56 Å². The lowest BCUT2D eigenvalue weighted by atomic mass is 10.1. The van der Waals surface area contributed by atoms with Gasteiger partial charge in [0.25, 0.3) is 11.8 Å². The first-order valence-electron chi connectivity index (χ1n) is 9.58. The Morgan fingerprint density at radius 2 is 1.74 bits per heavy atom. The van der Waals surface area contributed by atoms with Crippen LogP contribution in [0, 0.1) is 20.8 Å². The highest BCUT2D eigenvalue weighted by molar-refractivity contribution is 6.31. The zero-order chi connectivity index (χ0) is 22.1. The van der Waals surface area contributed by atoms with Gasteiger partial charge in [-0.05, 0) is 68.8 Å². The summed E-state index contributed by atoms with van der Waals surface area (Å²) in [6, 6.07) is 15.6. The largest absolute Gasteiger partial charge is 0.466 e. The number of halogens is 1.